The molecule has 0 amide bonds. The van der Waals surface area contributed by atoms with Crippen molar-refractivity contribution < 1.29 is 46.0 Å². The molecule has 6 rings (SSSR count). The van der Waals surface area contributed by atoms with E-state index in [-0.39, 0.29) is 24.8 Å². The summed E-state index contributed by atoms with van der Waals surface area (Å²) in [5.74, 6) is -1.41. The molecule has 0 radical (unpaired) electrons. The molecular formula is C31H32Cl2NSiZr. The molecule has 0 saturated heterocycles. The molecule has 4 aromatic rings. The number of hydrogen-bond donors (Lipinski definition) is 1. The van der Waals surface area contributed by atoms with Crippen molar-refractivity contribution in [3.63, 3.8) is 0 Å². The Balaban J connectivity index is 0.00000152. The van der Waals surface area contributed by atoms with Crippen LogP contribution in [0.1, 0.15) is 43.2 Å². The molecule has 0 unspecified atom stereocenters. The fourth-order valence-corrected chi connectivity index (χ4v) is 27.2. The Bertz CT molecular complexity index is 1220. The Morgan fingerprint density at radius 3 is 1.86 bits per heavy atom. The van der Waals surface area contributed by atoms with Gasteiger partial charge in [0, 0.05) is 0 Å². The molecule has 1 nitrogen and oxygen atoms in total. The van der Waals surface area contributed by atoms with E-state index in [0.717, 1.165) is 6.42 Å². The van der Waals surface area contributed by atoms with Crippen molar-refractivity contribution >= 4 is 19.6 Å². The van der Waals surface area contributed by atoms with E-state index in [0.29, 0.717) is 6.04 Å². The molecule has 0 aliphatic heterocycles. The van der Waals surface area contributed by atoms with Crippen molar-refractivity contribution in [2.24, 2.45) is 0 Å². The summed E-state index contributed by atoms with van der Waals surface area (Å²) in [7, 11) is 0. The molecule has 0 spiro atoms. The first kappa shape index (κ1) is 27.6. The summed E-state index contributed by atoms with van der Waals surface area (Å²) in [5.41, 5.74) is 6.08. The molecule has 0 atom stereocenters. The Hall–Kier alpha value is -1.48. The Labute approximate surface area is 237 Å². The maximum atomic E-state index is 4.48. The van der Waals surface area contributed by atoms with Crippen LogP contribution in [-0.4, -0.2) is 12.0 Å². The fourth-order valence-electron chi connectivity index (χ4n) is 6.01. The summed E-state index contributed by atoms with van der Waals surface area (Å²) in [6.45, 7) is 0. The molecule has 36 heavy (non-hydrogen) atoms. The molecule has 0 heterocycles. The predicted octanol–water partition coefficient (Wildman–Crippen LogP) is -1.12. The van der Waals surface area contributed by atoms with Gasteiger partial charge in [-0.3, -0.25) is 0 Å². The SMILES string of the molecule is [Cl-].[Cl-].c1ccc([SiH](c2ccccc2)[Zr+2]([NH]C2CCCCC2)[c]2cccc3c2Cc2ccccc2-3)cc1. The van der Waals surface area contributed by atoms with Gasteiger partial charge in [0.25, 0.3) is 0 Å². The van der Waals surface area contributed by atoms with E-state index >= 15 is 0 Å². The third kappa shape index (κ3) is 5.66. The van der Waals surface area contributed by atoms with Gasteiger partial charge in [0.2, 0.25) is 0 Å². The molecular weight excluding hydrogens is 577 g/mol. The summed E-state index contributed by atoms with van der Waals surface area (Å²) < 4.78 is 6.21. The molecule has 1 saturated carbocycles. The van der Waals surface area contributed by atoms with Crippen molar-refractivity contribution in [3.05, 3.63) is 114 Å². The Kier molecular flexibility index (Phi) is 9.84. The second-order valence-electron chi connectivity index (χ2n) is 9.81. The summed E-state index contributed by atoms with van der Waals surface area (Å²) in [6, 6.07) is 40.1. The van der Waals surface area contributed by atoms with Gasteiger partial charge in [-0.05, 0) is 0 Å². The minimum absolute atomic E-state index is 0. The van der Waals surface area contributed by atoms with Crippen LogP contribution in [0.4, 0.5) is 0 Å². The van der Waals surface area contributed by atoms with Crippen LogP contribution < -0.4 is 41.7 Å². The zero-order valence-corrected chi connectivity index (χ0v) is 25.6. The van der Waals surface area contributed by atoms with Crippen molar-refractivity contribution in [3.8, 4) is 11.1 Å². The third-order valence-electron chi connectivity index (χ3n) is 7.66. The first-order chi connectivity index (χ1) is 16.9. The summed E-state index contributed by atoms with van der Waals surface area (Å²) in [4.78, 5) is 0. The van der Waals surface area contributed by atoms with E-state index in [2.05, 4.69) is 106 Å². The van der Waals surface area contributed by atoms with Crippen LogP contribution in [0.2, 0.25) is 0 Å². The average Bonchev–Trinajstić information content (AvgIpc) is 3.29. The second kappa shape index (κ2) is 12.9. The fraction of sp³-hybridized carbons (Fsp3) is 0.226. The Morgan fingerprint density at radius 1 is 0.611 bits per heavy atom. The van der Waals surface area contributed by atoms with Crippen LogP contribution >= 0.6 is 0 Å². The topological polar surface area (TPSA) is 12.0 Å². The van der Waals surface area contributed by atoms with Crippen LogP contribution in [0.25, 0.3) is 11.1 Å². The number of fused-ring (bicyclic) bond motifs is 3. The molecule has 2 aliphatic carbocycles. The van der Waals surface area contributed by atoms with Crippen molar-refractivity contribution in [2.75, 3.05) is 0 Å². The van der Waals surface area contributed by atoms with E-state index in [9.17, 15) is 0 Å². The predicted molar refractivity (Wildman–Crippen MR) is 144 cm³/mol. The van der Waals surface area contributed by atoms with Gasteiger partial charge >= 0.3 is 214 Å². The molecule has 0 aromatic heterocycles. The average molecular weight is 609 g/mol. The van der Waals surface area contributed by atoms with E-state index < -0.39 is 27.1 Å². The minimum atomic E-state index is -2.31. The van der Waals surface area contributed by atoms with E-state index in [1.807, 2.05) is 0 Å². The van der Waals surface area contributed by atoms with Crippen LogP contribution in [-0.2, 0) is 27.6 Å². The van der Waals surface area contributed by atoms with Gasteiger partial charge in [0.1, 0.15) is 0 Å². The summed E-state index contributed by atoms with van der Waals surface area (Å²) in [5, 5.41) is 3.22. The van der Waals surface area contributed by atoms with Crippen LogP contribution in [0.5, 0.6) is 0 Å². The van der Waals surface area contributed by atoms with Gasteiger partial charge in [-0.2, -0.15) is 0 Å². The molecule has 5 heteroatoms. The summed E-state index contributed by atoms with van der Waals surface area (Å²) >= 11 is -2.31. The van der Waals surface area contributed by atoms with Crippen LogP contribution in [0, 0.1) is 0 Å². The maximum absolute atomic E-state index is 4.48. The quantitative estimate of drug-likeness (QED) is 0.241. The third-order valence-corrected chi connectivity index (χ3v) is 26.7. The van der Waals surface area contributed by atoms with E-state index in [4.69, 9.17) is 0 Å². The number of rotatable bonds is 6. The van der Waals surface area contributed by atoms with E-state index in [1.54, 1.807) is 19.2 Å². The van der Waals surface area contributed by atoms with Gasteiger partial charge in [-0.15, -0.1) is 0 Å². The van der Waals surface area contributed by atoms with Crippen molar-refractivity contribution in [1.82, 2.24) is 3.26 Å². The van der Waals surface area contributed by atoms with Crippen molar-refractivity contribution in [2.45, 2.75) is 44.6 Å². The zero-order chi connectivity index (χ0) is 22.7. The number of hydrogen-bond acceptors (Lipinski definition) is 1. The monoisotopic (exact) mass is 606 g/mol. The standard InChI is InChI=1S/C13H9.C12H11Si.C6H12N.2ClH.Zr/c1-3-7-12-10(5-1)9-11-6-2-4-8-13(11)12;1-3-7-11(8-4-1)13-12-9-5-2-6-10-12;7-6-4-2-1-3-5-6;;;/h1-5,7-8H,9H2;1-10,13H;6-7H,1-5H2;2*1H;/q;;-1;;;+3/p-2. The number of nitrogens with one attached hydrogen (secondary N) is 1. The second-order valence-corrected chi connectivity index (χ2v) is 23.8. The van der Waals surface area contributed by atoms with Gasteiger partial charge in [-0.25, -0.2) is 0 Å². The molecule has 183 valence electrons. The van der Waals surface area contributed by atoms with Gasteiger partial charge in [0.05, 0.1) is 0 Å². The van der Waals surface area contributed by atoms with Crippen molar-refractivity contribution in [1.29, 1.82) is 0 Å². The molecule has 4 aromatic carbocycles. The number of halogens is 2. The molecule has 2 aliphatic rings. The first-order valence-corrected chi connectivity index (χ1v) is 21.3. The molecule has 1 N–H and O–H groups in total. The Morgan fingerprint density at radius 2 is 1.19 bits per heavy atom. The van der Waals surface area contributed by atoms with E-state index in [1.165, 1.54) is 48.8 Å². The van der Waals surface area contributed by atoms with Gasteiger partial charge < -0.3 is 24.8 Å². The summed E-state index contributed by atoms with van der Waals surface area (Å²) in [6.07, 6.45) is 7.98. The molecule has 0 bridgehead atoms. The van der Waals surface area contributed by atoms with Gasteiger partial charge in [0.15, 0.2) is 0 Å². The normalized spacial score (nSPS) is 14.4. The van der Waals surface area contributed by atoms with Crippen LogP contribution in [0.15, 0.2) is 103 Å². The number of benzene rings is 4. The molecule has 1 fully saturated rings. The first-order valence-electron chi connectivity index (χ1n) is 12.8. The zero-order valence-electron chi connectivity index (χ0n) is 20.5. The van der Waals surface area contributed by atoms with Crippen LogP contribution in [0.3, 0.4) is 0 Å². The van der Waals surface area contributed by atoms with Gasteiger partial charge in [-0.1, -0.05) is 0 Å².